The predicted octanol–water partition coefficient (Wildman–Crippen LogP) is 3.57. The quantitative estimate of drug-likeness (QED) is 0.513. The van der Waals surface area contributed by atoms with E-state index >= 15 is 0 Å². The van der Waals surface area contributed by atoms with Crippen molar-refractivity contribution in [2.24, 2.45) is 0 Å². The van der Waals surface area contributed by atoms with Crippen molar-refractivity contribution >= 4 is 35.3 Å². The molecule has 2 aromatic carbocycles. The average molecular weight is 505 g/mol. The molecular weight excluding hydrogens is 476 g/mol. The molecule has 4 rings (SSSR count). The molecule has 0 aliphatic carbocycles. The number of hydrogen-bond acceptors (Lipinski definition) is 8. The average Bonchev–Trinajstić information content (AvgIpc) is 3.43. The maximum absolute atomic E-state index is 12.8. The lowest BCUT2D eigenvalue weighted by molar-refractivity contribution is -0.132. The van der Waals surface area contributed by atoms with Gasteiger partial charge in [0.05, 0.1) is 39.9 Å². The number of nitrogens with zero attached hydrogens (tertiary/aromatic N) is 2. The van der Waals surface area contributed by atoms with Gasteiger partial charge in [0.15, 0.2) is 0 Å². The Morgan fingerprint density at radius 2 is 1.12 bits per heavy atom. The number of hydrogen-bond donors (Lipinski definition) is 0. The molecule has 0 unspecified atom stereocenters. The van der Waals surface area contributed by atoms with E-state index in [2.05, 4.69) is 0 Å². The Kier molecular flexibility index (Phi) is 7.67. The first-order valence-electron chi connectivity index (χ1n) is 10.8. The SMILES string of the molecule is COc1ccc([C@H]2SCC(=O)N2CCN2C(=O)CS[C@H]2c2ccc(OC)cc2OC)c(OC)c1. The van der Waals surface area contributed by atoms with Crippen LogP contribution in [0.4, 0.5) is 0 Å². The van der Waals surface area contributed by atoms with Crippen LogP contribution in [0.5, 0.6) is 23.0 Å². The van der Waals surface area contributed by atoms with Crippen molar-refractivity contribution in [3.63, 3.8) is 0 Å². The van der Waals surface area contributed by atoms with Gasteiger partial charge in [-0.1, -0.05) is 0 Å². The molecule has 8 nitrogen and oxygen atoms in total. The first kappa shape index (κ1) is 24.4. The molecule has 0 aromatic heterocycles. The molecule has 2 heterocycles. The van der Waals surface area contributed by atoms with Crippen LogP contribution in [-0.2, 0) is 9.59 Å². The molecule has 0 bridgehead atoms. The zero-order valence-corrected chi connectivity index (χ0v) is 21.2. The summed E-state index contributed by atoms with van der Waals surface area (Å²) in [6, 6.07) is 11.2. The van der Waals surface area contributed by atoms with Gasteiger partial charge in [-0.15, -0.1) is 23.5 Å². The highest BCUT2D eigenvalue weighted by atomic mass is 32.2. The molecule has 2 atom stereocenters. The van der Waals surface area contributed by atoms with Crippen LogP contribution in [0.25, 0.3) is 0 Å². The summed E-state index contributed by atoms with van der Waals surface area (Å²) in [7, 11) is 6.43. The fraction of sp³-hybridized carbons (Fsp3) is 0.417. The molecule has 0 spiro atoms. The maximum Gasteiger partial charge on any atom is 0.233 e. The molecular formula is C24H28N2O6S2. The van der Waals surface area contributed by atoms with Gasteiger partial charge in [0.25, 0.3) is 0 Å². The lowest BCUT2D eigenvalue weighted by atomic mass is 10.1. The van der Waals surface area contributed by atoms with E-state index in [4.69, 9.17) is 18.9 Å². The zero-order chi connectivity index (χ0) is 24.2. The molecule has 2 saturated heterocycles. The minimum atomic E-state index is -0.187. The van der Waals surface area contributed by atoms with Gasteiger partial charge in [-0.3, -0.25) is 9.59 Å². The zero-order valence-electron chi connectivity index (χ0n) is 19.6. The van der Waals surface area contributed by atoms with E-state index < -0.39 is 0 Å². The smallest absolute Gasteiger partial charge is 0.233 e. The topological polar surface area (TPSA) is 77.5 Å². The molecule has 2 fully saturated rings. The number of thioether (sulfide) groups is 2. The van der Waals surface area contributed by atoms with Crippen molar-refractivity contribution in [3.05, 3.63) is 47.5 Å². The summed E-state index contributed by atoms with van der Waals surface area (Å²) < 4.78 is 21.8. The lowest BCUT2D eigenvalue weighted by Crippen LogP contribution is -2.39. The van der Waals surface area contributed by atoms with Crippen molar-refractivity contribution in [1.82, 2.24) is 9.80 Å². The standard InChI is InChI=1S/C24H28N2O6S2/c1-29-15-5-7-17(19(11-15)31-3)23-25(21(27)13-33-23)9-10-26-22(28)14-34-24(26)18-8-6-16(30-2)12-20(18)32-4/h5-8,11-12,23-24H,9-10,13-14H2,1-4H3/t23-,24+. The largest absolute Gasteiger partial charge is 0.497 e. The van der Waals surface area contributed by atoms with Crippen molar-refractivity contribution < 1.29 is 28.5 Å². The number of carbonyl (C=O) groups is 2. The van der Waals surface area contributed by atoms with Gasteiger partial charge in [-0.05, 0) is 24.3 Å². The molecule has 0 saturated carbocycles. The van der Waals surface area contributed by atoms with Crippen molar-refractivity contribution in [3.8, 4) is 23.0 Å². The van der Waals surface area contributed by atoms with Gasteiger partial charge < -0.3 is 28.7 Å². The lowest BCUT2D eigenvalue weighted by Gasteiger charge is -2.30. The third-order valence-corrected chi connectivity index (χ3v) is 8.41. The monoisotopic (exact) mass is 504 g/mol. The fourth-order valence-corrected chi connectivity index (χ4v) is 6.65. The van der Waals surface area contributed by atoms with Gasteiger partial charge in [-0.25, -0.2) is 0 Å². The highest BCUT2D eigenvalue weighted by Crippen LogP contribution is 2.45. The summed E-state index contributed by atoms with van der Waals surface area (Å²) in [5, 5.41) is -0.375. The van der Waals surface area contributed by atoms with Crippen molar-refractivity contribution in [2.75, 3.05) is 53.0 Å². The van der Waals surface area contributed by atoms with E-state index in [1.165, 1.54) is 0 Å². The molecule has 2 aromatic rings. The Balaban J connectivity index is 1.54. The summed E-state index contributed by atoms with van der Waals surface area (Å²) in [6.07, 6.45) is 0. The highest BCUT2D eigenvalue weighted by Gasteiger charge is 2.38. The van der Waals surface area contributed by atoms with Crippen LogP contribution in [0.1, 0.15) is 21.9 Å². The van der Waals surface area contributed by atoms with Crippen LogP contribution in [0.2, 0.25) is 0 Å². The Bertz CT molecular complexity index is 982. The second-order valence-electron chi connectivity index (χ2n) is 7.72. The van der Waals surface area contributed by atoms with Gasteiger partial charge in [0.1, 0.15) is 33.7 Å². The van der Waals surface area contributed by atoms with Crippen LogP contribution < -0.4 is 18.9 Å². The van der Waals surface area contributed by atoms with E-state index in [0.29, 0.717) is 47.6 Å². The second-order valence-corrected chi connectivity index (χ2v) is 9.85. The van der Waals surface area contributed by atoms with Crippen LogP contribution in [0.15, 0.2) is 36.4 Å². The second kappa shape index (κ2) is 10.7. The number of methoxy groups -OCH3 is 4. The molecule has 34 heavy (non-hydrogen) atoms. The Morgan fingerprint density at radius 1 is 0.706 bits per heavy atom. The van der Waals surface area contributed by atoms with Crippen LogP contribution in [0.3, 0.4) is 0 Å². The van der Waals surface area contributed by atoms with E-state index in [-0.39, 0.29) is 22.6 Å². The summed E-state index contributed by atoms with van der Waals surface area (Å²) in [6.45, 7) is 0.847. The predicted molar refractivity (Wildman–Crippen MR) is 133 cm³/mol. The molecule has 0 radical (unpaired) electrons. The molecule has 0 N–H and O–H groups in total. The maximum atomic E-state index is 12.8. The fourth-order valence-electron chi connectivity index (χ4n) is 4.17. The molecule has 2 amide bonds. The van der Waals surface area contributed by atoms with Crippen LogP contribution >= 0.6 is 23.5 Å². The minimum absolute atomic E-state index is 0.0470. The summed E-state index contributed by atoms with van der Waals surface area (Å²) >= 11 is 3.12. The van der Waals surface area contributed by atoms with E-state index in [1.54, 1.807) is 52.0 Å². The van der Waals surface area contributed by atoms with E-state index in [0.717, 1.165) is 11.1 Å². The van der Waals surface area contributed by atoms with Crippen molar-refractivity contribution in [2.45, 2.75) is 10.7 Å². The van der Waals surface area contributed by atoms with E-state index in [9.17, 15) is 9.59 Å². The summed E-state index contributed by atoms with van der Waals surface area (Å²) in [5.41, 5.74) is 1.82. The van der Waals surface area contributed by atoms with Crippen molar-refractivity contribution in [1.29, 1.82) is 0 Å². The summed E-state index contributed by atoms with van der Waals surface area (Å²) in [4.78, 5) is 29.2. The number of amides is 2. The molecule has 2 aliphatic heterocycles. The molecule has 10 heteroatoms. The number of rotatable bonds is 9. The van der Waals surface area contributed by atoms with Crippen LogP contribution in [-0.4, -0.2) is 74.6 Å². The van der Waals surface area contributed by atoms with E-state index in [1.807, 2.05) is 46.2 Å². The Hall–Kier alpha value is -2.72. The van der Waals surface area contributed by atoms with Gasteiger partial charge in [-0.2, -0.15) is 0 Å². The third-order valence-electron chi connectivity index (χ3n) is 5.93. The van der Waals surface area contributed by atoms with Gasteiger partial charge in [0, 0.05) is 36.3 Å². The third kappa shape index (κ3) is 4.74. The number of carbonyl (C=O) groups excluding carboxylic acids is 2. The Labute approximate surface area is 207 Å². The van der Waals surface area contributed by atoms with Gasteiger partial charge in [0.2, 0.25) is 11.8 Å². The van der Waals surface area contributed by atoms with Crippen LogP contribution in [0, 0.1) is 0 Å². The Morgan fingerprint density at radius 3 is 1.47 bits per heavy atom. The highest BCUT2D eigenvalue weighted by molar-refractivity contribution is 8.00. The summed E-state index contributed by atoms with van der Waals surface area (Å²) in [5.74, 6) is 3.60. The number of ether oxygens (including phenoxy) is 4. The normalized spacial score (nSPS) is 20.1. The first-order valence-corrected chi connectivity index (χ1v) is 12.9. The molecule has 182 valence electrons. The number of benzene rings is 2. The molecule has 2 aliphatic rings. The van der Waals surface area contributed by atoms with Gasteiger partial charge >= 0.3 is 0 Å². The minimum Gasteiger partial charge on any atom is -0.497 e. The first-order chi connectivity index (χ1) is 16.5.